The standard InChI is InChI=1S/C26H27N3O2/c1-5-30-23-14-12-20(16-24(23)31-6-2)25-21-15-18(4)9-13-22(21)27-26(29-28-25)19-10-7-17(3)8-11-19/h7-16H,5-6H2,1-4H3,(H,27,29). The Morgan fingerprint density at radius 1 is 0.742 bits per heavy atom. The molecule has 158 valence electrons. The normalized spacial score (nSPS) is 12.8. The predicted octanol–water partition coefficient (Wildman–Crippen LogP) is 5.53. The van der Waals surface area contributed by atoms with Gasteiger partial charge in [0.05, 0.1) is 18.9 Å². The van der Waals surface area contributed by atoms with Crippen molar-refractivity contribution in [1.82, 2.24) is 5.43 Å². The lowest BCUT2D eigenvalue weighted by Crippen LogP contribution is -2.19. The highest BCUT2D eigenvalue weighted by molar-refractivity contribution is 6.18. The number of amidine groups is 1. The molecule has 1 aliphatic rings. The van der Waals surface area contributed by atoms with Crippen LogP contribution in [0.5, 0.6) is 11.5 Å². The third-order valence-corrected chi connectivity index (χ3v) is 5.05. The second-order valence-electron chi connectivity index (χ2n) is 7.45. The molecule has 0 spiro atoms. The molecule has 4 rings (SSSR count). The SMILES string of the molecule is CCOc1ccc(C2=NNC(c3ccc(C)cc3)=Nc3ccc(C)cc32)cc1OCC. The number of hydrogen-bond donors (Lipinski definition) is 1. The van der Waals surface area contributed by atoms with Gasteiger partial charge < -0.3 is 9.47 Å². The van der Waals surface area contributed by atoms with Gasteiger partial charge >= 0.3 is 0 Å². The average molecular weight is 414 g/mol. The minimum atomic E-state index is 0.560. The van der Waals surface area contributed by atoms with Gasteiger partial charge in [0, 0.05) is 16.7 Å². The van der Waals surface area contributed by atoms with Gasteiger partial charge in [0.2, 0.25) is 0 Å². The smallest absolute Gasteiger partial charge is 0.161 e. The number of ether oxygens (including phenoxy) is 2. The van der Waals surface area contributed by atoms with E-state index in [1.54, 1.807) is 0 Å². The summed E-state index contributed by atoms with van der Waals surface area (Å²) in [5.41, 5.74) is 10.1. The Balaban J connectivity index is 1.82. The third-order valence-electron chi connectivity index (χ3n) is 5.05. The molecule has 0 aliphatic carbocycles. The summed E-state index contributed by atoms with van der Waals surface area (Å²) in [6, 6.07) is 20.4. The number of nitrogens with zero attached hydrogens (tertiary/aromatic N) is 2. The van der Waals surface area contributed by atoms with E-state index in [4.69, 9.17) is 19.6 Å². The van der Waals surface area contributed by atoms with Crippen LogP contribution >= 0.6 is 0 Å². The fourth-order valence-electron chi connectivity index (χ4n) is 3.51. The molecule has 31 heavy (non-hydrogen) atoms. The van der Waals surface area contributed by atoms with Gasteiger partial charge in [-0.1, -0.05) is 41.5 Å². The first-order valence-electron chi connectivity index (χ1n) is 10.6. The van der Waals surface area contributed by atoms with E-state index in [1.165, 1.54) is 5.56 Å². The quantitative estimate of drug-likeness (QED) is 0.578. The van der Waals surface area contributed by atoms with Gasteiger partial charge in [-0.2, -0.15) is 5.10 Å². The zero-order chi connectivity index (χ0) is 21.8. The van der Waals surface area contributed by atoms with E-state index >= 15 is 0 Å². The predicted molar refractivity (Wildman–Crippen MR) is 126 cm³/mol. The van der Waals surface area contributed by atoms with Crippen LogP contribution in [0.4, 0.5) is 5.69 Å². The van der Waals surface area contributed by atoms with E-state index in [-0.39, 0.29) is 0 Å². The van der Waals surface area contributed by atoms with Gasteiger partial charge in [-0.25, -0.2) is 4.99 Å². The van der Waals surface area contributed by atoms with Crippen molar-refractivity contribution in [1.29, 1.82) is 0 Å². The van der Waals surface area contributed by atoms with Crippen molar-refractivity contribution in [3.8, 4) is 11.5 Å². The van der Waals surface area contributed by atoms with E-state index < -0.39 is 0 Å². The molecule has 5 heteroatoms. The summed E-state index contributed by atoms with van der Waals surface area (Å²) >= 11 is 0. The van der Waals surface area contributed by atoms with Gasteiger partial charge in [0.1, 0.15) is 5.71 Å². The number of nitrogens with one attached hydrogen (secondary N) is 1. The van der Waals surface area contributed by atoms with Crippen molar-refractivity contribution in [2.24, 2.45) is 10.1 Å². The minimum absolute atomic E-state index is 0.560. The number of benzene rings is 3. The molecule has 0 unspecified atom stereocenters. The van der Waals surface area contributed by atoms with Gasteiger partial charge in [-0.15, -0.1) is 0 Å². The fourth-order valence-corrected chi connectivity index (χ4v) is 3.51. The maximum absolute atomic E-state index is 5.84. The molecular formula is C26H27N3O2. The number of fused-ring (bicyclic) bond motifs is 1. The molecule has 5 nitrogen and oxygen atoms in total. The topological polar surface area (TPSA) is 55.2 Å². The summed E-state index contributed by atoms with van der Waals surface area (Å²) in [5.74, 6) is 2.16. The number of rotatable bonds is 6. The molecular weight excluding hydrogens is 386 g/mol. The molecule has 0 aromatic heterocycles. The maximum atomic E-state index is 5.84. The summed E-state index contributed by atoms with van der Waals surface area (Å²) in [6.07, 6.45) is 0. The van der Waals surface area contributed by atoms with Crippen LogP contribution in [0.15, 0.2) is 70.8 Å². The first kappa shape index (κ1) is 20.7. The molecule has 1 N–H and O–H groups in total. The van der Waals surface area contributed by atoms with Crippen LogP contribution in [0.3, 0.4) is 0 Å². The monoisotopic (exact) mass is 413 g/mol. The van der Waals surface area contributed by atoms with Crippen molar-refractivity contribution >= 4 is 17.2 Å². The second kappa shape index (κ2) is 9.04. The fraction of sp³-hybridized carbons (Fsp3) is 0.231. The largest absolute Gasteiger partial charge is 0.490 e. The lowest BCUT2D eigenvalue weighted by Gasteiger charge is -2.14. The third kappa shape index (κ3) is 4.45. The Labute approximate surface area is 183 Å². The summed E-state index contributed by atoms with van der Waals surface area (Å²) in [6.45, 7) is 9.22. The molecule has 0 fully saturated rings. The summed E-state index contributed by atoms with van der Waals surface area (Å²) in [5, 5.41) is 4.77. The Hall–Kier alpha value is -3.60. The average Bonchev–Trinajstić information content (AvgIpc) is 2.95. The number of aryl methyl sites for hydroxylation is 2. The van der Waals surface area contributed by atoms with Crippen LogP contribution in [0.25, 0.3) is 0 Å². The van der Waals surface area contributed by atoms with Crippen LogP contribution in [-0.2, 0) is 0 Å². The van der Waals surface area contributed by atoms with Gasteiger partial charge in [-0.05, 0) is 58.0 Å². The Morgan fingerprint density at radius 2 is 1.42 bits per heavy atom. The highest BCUT2D eigenvalue weighted by atomic mass is 16.5. The van der Waals surface area contributed by atoms with Crippen LogP contribution < -0.4 is 14.9 Å². The Bertz CT molecular complexity index is 1150. The van der Waals surface area contributed by atoms with Crippen molar-refractivity contribution in [3.63, 3.8) is 0 Å². The van der Waals surface area contributed by atoms with Gasteiger partial charge in [0.15, 0.2) is 17.3 Å². The highest BCUT2D eigenvalue weighted by Crippen LogP contribution is 2.32. The van der Waals surface area contributed by atoms with E-state index in [1.807, 2.05) is 38.1 Å². The molecule has 0 saturated carbocycles. The summed E-state index contributed by atoms with van der Waals surface area (Å²) in [4.78, 5) is 4.90. The van der Waals surface area contributed by atoms with Gasteiger partial charge in [-0.3, -0.25) is 5.43 Å². The van der Waals surface area contributed by atoms with Crippen LogP contribution in [0, 0.1) is 13.8 Å². The van der Waals surface area contributed by atoms with Crippen LogP contribution in [-0.4, -0.2) is 24.8 Å². The minimum Gasteiger partial charge on any atom is -0.490 e. The number of hydrogen-bond acceptors (Lipinski definition) is 5. The van der Waals surface area contributed by atoms with Crippen LogP contribution in [0.1, 0.15) is 41.7 Å². The lowest BCUT2D eigenvalue weighted by molar-refractivity contribution is 0.287. The molecule has 0 bridgehead atoms. The van der Waals surface area contributed by atoms with Crippen LogP contribution in [0.2, 0.25) is 0 Å². The number of aliphatic imine (C=N–C) groups is 1. The number of hydrazone groups is 1. The van der Waals surface area contributed by atoms with Crippen molar-refractivity contribution in [3.05, 3.63) is 88.5 Å². The highest BCUT2D eigenvalue weighted by Gasteiger charge is 2.19. The first-order chi connectivity index (χ1) is 15.1. The molecule has 0 radical (unpaired) electrons. The van der Waals surface area contributed by atoms with E-state index in [0.29, 0.717) is 19.0 Å². The Kier molecular flexibility index (Phi) is 6.03. The van der Waals surface area contributed by atoms with Gasteiger partial charge in [0.25, 0.3) is 0 Å². The molecule has 1 aliphatic heterocycles. The summed E-state index contributed by atoms with van der Waals surface area (Å²) < 4.78 is 11.6. The van der Waals surface area contributed by atoms with E-state index in [9.17, 15) is 0 Å². The summed E-state index contributed by atoms with van der Waals surface area (Å²) in [7, 11) is 0. The van der Waals surface area contributed by atoms with Crippen molar-refractivity contribution < 1.29 is 9.47 Å². The molecule has 0 amide bonds. The lowest BCUT2D eigenvalue weighted by atomic mass is 9.98. The van der Waals surface area contributed by atoms with Crippen molar-refractivity contribution in [2.75, 3.05) is 13.2 Å². The molecule has 1 heterocycles. The van der Waals surface area contributed by atoms with E-state index in [0.717, 1.165) is 45.2 Å². The van der Waals surface area contributed by atoms with Crippen molar-refractivity contribution in [2.45, 2.75) is 27.7 Å². The maximum Gasteiger partial charge on any atom is 0.161 e. The zero-order valence-corrected chi connectivity index (χ0v) is 18.4. The molecule has 3 aromatic carbocycles. The molecule has 0 saturated heterocycles. The first-order valence-corrected chi connectivity index (χ1v) is 10.6. The molecule has 0 atom stereocenters. The molecule has 3 aromatic rings. The zero-order valence-electron chi connectivity index (χ0n) is 18.4. The second-order valence-corrected chi connectivity index (χ2v) is 7.45. The van der Waals surface area contributed by atoms with E-state index in [2.05, 4.69) is 55.7 Å². The Morgan fingerprint density at radius 3 is 2.16 bits per heavy atom.